The maximum absolute atomic E-state index is 12.3. The van der Waals surface area contributed by atoms with Gasteiger partial charge in [0, 0.05) is 12.1 Å². The van der Waals surface area contributed by atoms with Crippen molar-refractivity contribution in [1.82, 2.24) is 5.32 Å². The Hall–Kier alpha value is -1.27. The molecule has 6 heteroatoms. The number of nitrogens with one attached hydrogen (secondary N) is 1. The van der Waals surface area contributed by atoms with E-state index in [0.717, 1.165) is 19.3 Å². The van der Waals surface area contributed by atoms with Crippen LogP contribution in [-0.4, -0.2) is 24.1 Å². The minimum atomic E-state index is -4.67. The van der Waals surface area contributed by atoms with E-state index in [-0.39, 0.29) is 11.9 Å². The molecule has 1 aromatic rings. The van der Waals surface area contributed by atoms with Gasteiger partial charge in [0.1, 0.15) is 5.75 Å². The second kappa shape index (κ2) is 6.45. The zero-order valence-electron chi connectivity index (χ0n) is 11.0. The first-order chi connectivity index (χ1) is 9.44. The number of alkyl halides is 3. The molecule has 3 nitrogen and oxygen atoms in total. The molecule has 1 aliphatic carbocycles. The van der Waals surface area contributed by atoms with Crippen LogP contribution < -0.4 is 10.1 Å². The van der Waals surface area contributed by atoms with Crippen LogP contribution in [0, 0.1) is 5.92 Å². The molecule has 0 amide bonds. The van der Waals surface area contributed by atoms with Crippen molar-refractivity contribution >= 4 is 0 Å². The maximum atomic E-state index is 12.3. The molecule has 2 rings (SSSR count). The molecule has 1 saturated carbocycles. The highest BCUT2D eigenvalue weighted by Crippen LogP contribution is 2.27. The van der Waals surface area contributed by atoms with Gasteiger partial charge in [-0.05, 0) is 37.8 Å². The van der Waals surface area contributed by atoms with Crippen molar-refractivity contribution in [2.75, 3.05) is 6.54 Å². The zero-order valence-corrected chi connectivity index (χ0v) is 11.0. The molecule has 1 aliphatic rings. The molecule has 0 spiro atoms. The van der Waals surface area contributed by atoms with Gasteiger partial charge in [-0.1, -0.05) is 18.2 Å². The van der Waals surface area contributed by atoms with Crippen molar-refractivity contribution < 1.29 is 23.0 Å². The van der Waals surface area contributed by atoms with E-state index in [2.05, 4.69) is 10.1 Å². The summed E-state index contributed by atoms with van der Waals surface area (Å²) in [6.45, 7) is 1.01. The molecule has 2 unspecified atom stereocenters. The predicted octanol–water partition coefficient (Wildman–Crippen LogP) is 2.84. The van der Waals surface area contributed by atoms with E-state index >= 15 is 0 Å². The van der Waals surface area contributed by atoms with Gasteiger partial charge in [-0.25, -0.2) is 0 Å². The molecule has 0 aliphatic heterocycles. The Kier molecular flexibility index (Phi) is 4.88. The van der Waals surface area contributed by atoms with Crippen LogP contribution in [0.25, 0.3) is 0 Å². The van der Waals surface area contributed by atoms with E-state index in [1.54, 1.807) is 12.1 Å². The molecule has 112 valence electrons. The van der Waals surface area contributed by atoms with Gasteiger partial charge in [-0.15, -0.1) is 13.2 Å². The summed E-state index contributed by atoms with van der Waals surface area (Å²) < 4.78 is 40.8. The van der Waals surface area contributed by atoms with Crippen LogP contribution in [0.2, 0.25) is 0 Å². The zero-order chi connectivity index (χ0) is 14.6. The summed E-state index contributed by atoms with van der Waals surface area (Å²) in [7, 11) is 0. The number of hydrogen-bond acceptors (Lipinski definition) is 3. The van der Waals surface area contributed by atoms with Crippen molar-refractivity contribution in [2.24, 2.45) is 5.92 Å². The third-order valence-electron chi connectivity index (χ3n) is 3.46. The molecular weight excluding hydrogens is 271 g/mol. The van der Waals surface area contributed by atoms with Crippen molar-refractivity contribution in [1.29, 1.82) is 0 Å². The first-order valence-corrected chi connectivity index (χ1v) is 6.66. The molecule has 0 radical (unpaired) electrons. The van der Waals surface area contributed by atoms with Gasteiger partial charge in [0.25, 0.3) is 0 Å². The molecule has 1 aromatic carbocycles. The van der Waals surface area contributed by atoms with E-state index in [4.69, 9.17) is 0 Å². The summed E-state index contributed by atoms with van der Waals surface area (Å²) in [5.41, 5.74) is 0.475. The van der Waals surface area contributed by atoms with Crippen LogP contribution in [0.4, 0.5) is 13.2 Å². The topological polar surface area (TPSA) is 41.5 Å². The lowest BCUT2D eigenvalue weighted by atomic mass is 10.1. The molecule has 2 atom stereocenters. The number of rotatable bonds is 5. The molecular formula is C14H18F3NO2. The molecule has 20 heavy (non-hydrogen) atoms. The maximum Gasteiger partial charge on any atom is 0.573 e. The Morgan fingerprint density at radius 2 is 2.00 bits per heavy atom. The Labute approximate surface area is 115 Å². The average Bonchev–Trinajstić information content (AvgIpc) is 2.75. The average molecular weight is 289 g/mol. The normalized spacial score (nSPS) is 23.0. The van der Waals surface area contributed by atoms with Crippen molar-refractivity contribution in [3.05, 3.63) is 29.8 Å². The third-order valence-corrected chi connectivity index (χ3v) is 3.46. The van der Waals surface area contributed by atoms with E-state index in [1.165, 1.54) is 12.1 Å². The fourth-order valence-electron chi connectivity index (χ4n) is 2.52. The molecule has 0 heterocycles. The quantitative estimate of drug-likeness (QED) is 0.876. The van der Waals surface area contributed by atoms with E-state index in [0.29, 0.717) is 24.6 Å². The highest BCUT2D eigenvalue weighted by atomic mass is 19.4. The van der Waals surface area contributed by atoms with Crippen LogP contribution in [0.1, 0.15) is 24.8 Å². The fraction of sp³-hybridized carbons (Fsp3) is 0.571. The second-order valence-corrected chi connectivity index (χ2v) is 5.12. The number of ether oxygens (including phenoxy) is 1. The van der Waals surface area contributed by atoms with Crippen LogP contribution in [-0.2, 0) is 6.54 Å². The summed E-state index contributed by atoms with van der Waals surface area (Å²) >= 11 is 0. The van der Waals surface area contributed by atoms with E-state index < -0.39 is 6.36 Å². The minimum absolute atomic E-state index is 0.168. The molecule has 0 aromatic heterocycles. The summed E-state index contributed by atoms with van der Waals surface area (Å²) in [4.78, 5) is 0. The number of halogens is 3. The number of aliphatic hydroxyl groups is 1. The van der Waals surface area contributed by atoms with Gasteiger partial charge in [0.15, 0.2) is 0 Å². The van der Waals surface area contributed by atoms with Gasteiger partial charge >= 0.3 is 6.36 Å². The number of hydrogen-bond donors (Lipinski definition) is 2. The monoisotopic (exact) mass is 289 g/mol. The summed E-state index contributed by atoms with van der Waals surface area (Å²) in [5.74, 6) is 0.222. The first-order valence-electron chi connectivity index (χ1n) is 6.66. The Morgan fingerprint density at radius 3 is 2.65 bits per heavy atom. The van der Waals surface area contributed by atoms with Crippen molar-refractivity contribution in [2.45, 2.75) is 38.3 Å². The minimum Gasteiger partial charge on any atom is -0.405 e. The largest absolute Gasteiger partial charge is 0.573 e. The lowest BCUT2D eigenvalue weighted by Crippen LogP contribution is -2.23. The highest BCUT2D eigenvalue weighted by molar-refractivity contribution is 5.33. The first kappa shape index (κ1) is 15.1. The lowest BCUT2D eigenvalue weighted by molar-refractivity contribution is -0.274. The summed E-state index contributed by atoms with van der Waals surface area (Å²) in [5, 5.41) is 12.5. The molecule has 1 fully saturated rings. The van der Waals surface area contributed by atoms with E-state index in [9.17, 15) is 18.3 Å². The van der Waals surface area contributed by atoms with Gasteiger partial charge in [-0.3, -0.25) is 0 Å². The van der Waals surface area contributed by atoms with Gasteiger partial charge in [0.2, 0.25) is 0 Å². The van der Waals surface area contributed by atoms with Gasteiger partial charge < -0.3 is 15.2 Å². The van der Waals surface area contributed by atoms with Crippen LogP contribution >= 0.6 is 0 Å². The van der Waals surface area contributed by atoms with Crippen LogP contribution in [0.3, 0.4) is 0 Å². The van der Waals surface area contributed by atoms with Crippen LogP contribution in [0.5, 0.6) is 5.75 Å². The molecule has 0 bridgehead atoms. The number of para-hydroxylation sites is 1. The second-order valence-electron chi connectivity index (χ2n) is 5.12. The Balaban J connectivity index is 1.86. The Bertz CT molecular complexity index is 437. The molecule has 2 N–H and O–H groups in total. The lowest BCUT2D eigenvalue weighted by Gasteiger charge is -2.15. The van der Waals surface area contributed by atoms with Gasteiger partial charge in [-0.2, -0.15) is 0 Å². The van der Waals surface area contributed by atoms with Crippen molar-refractivity contribution in [3.8, 4) is 5.75 Å². The van der Waals surface area contributed by atoms with Crippen LogP contribution in [0.15, 0.2) is 24.3 Å². The highest BCUT2D eigenvalue weighted by Gasteiger charge is 2.32. The van der Waals surface area contributed by atoms with E-state index in [1.807, 2.05) is 0 Å². The Morgan fingerprint density at radius 1 is 1.25 bits per heavy atom. The summed E-state index contributed by atoms with van der Waals surface area (Å²) in [6, 6.07) is 6.11. The van der Waals surface area contributed by atoms with Gasteiger partial charge in [0.05, 0.1) is 6.10 Å². The third kappa shape index (κ3) is 4.68. The fourth-order valence-corrected chi connectivity index (χ4v) is 2.52. The van der Waals surface area contributed by atoms with Crippen molar-refractivity contribution in [3.63, 3.8) is 0 Å². The number of benzene rings is 1. The molecule has 0 saturated heterocycles. The predicted molar refractivity (Wildman–Crippen MR) is 68.2 cm³/mol. The standard InChI is InChI=1S/C14H18F3NO2/c15-14(16,17)20-13-4-2-1-3-11(13)9-18-8-10-5-6-12(19)7-10/h1-4,10,12,18-19H,5-9H2. The summed E-state index contributed by atoms with van der Waals surface area (Å²) in [6.07, 6.45) is -2.39. The number of aliphatic hydroxyl groups excluding tert-OH is 1. The smallest absolute Gasteiger partial charge is 0.405 e. The SMILES string of the molecule is OC1CCC(CNCc2ccccc2OC(F)(F)F)C1.